The van der Waals surface area contributed by atoms with Crippen molar-refractivity contribution in [3.05, 3.63) is 50.6 Å². The Morgan fingerprint density at radius 1 is 1.37 bits per heavy atom. The minimum absolute atomic E-state index is 0.231. The minimum atomic E-state index is 0.231. The Kier molecular flexibility index (Phi) is 3.71. The van der Waals surface area contributed by atoms with E-state index in [1.807, 2.05) is 23.1 Å². The SMILES string of the molecule is O=C(CCc1cccs1)N1CCc2cc(Br)ccc21. The molecule has 98 valence electrons. The van der Waals surface area contributed by atoms with Gasteiger partial charge in [0.15, 0.2) is 0 Å². The van der Waals surface area contributed by atoms with E-state index in [2.05, 4.69) is 33.4 Å². The number of carbonyl (C=O) groups is 1. The molecule has 19 heavy (non-hydrogen) atoms. The smallest absolute Gasteiger partial charge is 0.227 e. The van der Waals surface area contributed by atoms with Gasteiger partial charge in [-0.05, 0) is 48.1 Å². The quantitative estimate of drug-likeness (QED) is 0.829. The number of hydrogen-bond acceptors (Lipinski definition) is 2. The van der Waals surface area contributed by atoms with E-state index in [4.69, 9.17) is 0 Å². The normalized spacial score (nSPS) is 13.6. The fourth-order valence-electron chi connectivity index (χ4n) is 2.45. The van der Waals surface area contributed by atoms with Gasteiger partial charge in [0.2, 0.25) is 5.91 Å². The van der Waals surface area contributed by atoms with Crippen molar-refractivity contribution in [1.29, 1.82) is 0 Å². The highest BCUT2D eigenvalue weighted by molar-refractivity contribution is 9.10. The lowest BCUT2D eigenvalue weighted by Gasteiger charge is -2.17. The van der Waals surface area contributed by atoms with E-state index in [0.29, 0.717) is 6.42 Å². The van der Waals surface area contributed by atoms with Gasteiger partial charge in [-0.2, -0.15) is 0 Å². The molecule has 0 spiro atoms. The van der Waals surface area contributed by atoms with Crippen LogP contribution in [0.1, 0.15) is 16.9 Å². The van der Waals surface area contributed by atoms with Gasteiger partial charge in [-0.25, -0.2) is 0 Å². The van der Waals surface area contributed by atoms with E-state index >= 15 is 0 Å². The zero-order chi connectivity index (χ0) is 13.2. The molecule has 2 aromatic rings. The van der Waals surface area contributed by atoms with Gasteiger partial charge in [0.25, 0.3) is 0 Å². The van der Waals surface area contributed by atoms with E-state index in [1.165, 1.54) is 10.4 Å². The van der Waals surface area contributed by atoms with Gasteiger partial charge in [0, 0.05) is 28.0 Å². The maximum Gasteiger partial charge on any atom is 0.227 e. The van der Waals surface area contributed by atoms with E-state index in [9.17, 15) is 4.79 Å². The Morgan fingerprint density at radius 2 is 2.26 bits per heavy atom. The topological polar surface area (TPSA) is 20.3 Å². The lowest BCUT2D eigenvalue weighted by atomic mass is 10.2. The molecule has 4 heteroatoms. The predicted molar refractivity (Wildman–Crippen MR) is 82.8 cm³/mol. The van der Waals surface area contributed by atoms with Crippen LogP contribution in [0.15, 0.2) is 40.2 Å². The van der Waals surface area contributed by atoms with Crippen molar-refractivity contribution < 1.29 is 4.79 Å². The monoisotopic (exact) mass is 335 g/mol. The first-order valence-corrected chi connectivity index (χ1v) is 8.02. The number of amides is 1. The third kappa shape index (κ3) is 2.74. The molecule has 0 fully saturated rings. The molecular weight excluding hydrogens is 322 g/mol. The third-order valence-electron chi connectivity index (χ3n) is 3.40. The maximum absolute atomic E-state index is 12.3. The molecule has 1 aromatic heterocycles. The standard InChI is InChI=1S/C15H14BrNOS/c16-12-3-5-14-11(10-12)7-8-17(14)15(18)6-4-13-2-1-9-19-13/h1-3,5,9-10H,4,6-8H2. The first-order valence-electron chi connectivity index (χ1n) is 6.35. The molecule has 1 aliphatic rings. The Bertz CT molecular complexity index is 594. The van der Waals surface area contributed by atoms with Crippen LogP contribution < -0.4 is 4.90 Å². The van der Waals surface area contributed by atoms with Gasteiger partial charge >= 0.3 is 0 Å². The average molecular weight is 336 g/mol. The fraction of sp³-hybridized carbons (Fsp3) is 0.267. The highest BCUT2D eigenvalue weighted by Gasteiger charge is 2.24. The summed E-state index contributed by atoms with van der Waals surface area (Å²) in [5, 5.41) is 2.06. The molecule has 0 radical (unpaired) electrons. The summed E-state index contributed by atoms with van der Waals surface area (Å²) in [6, 6.07) is 10.3. The van der Waals surface area contributed by atoms with Crippen molar-refractivity contribution in [2.24, 2.45) is 0 Å². The first-order chi connectivity index (χ1) is 9.24. The molecule has 0 saturated heterocycles. The average Bonchev–Trinajstić information content (AvgIpc) is 3.04. The van der Waals surface area contributed by atoms with Crippen molar-refractivity contribution >= 4 is 38.9 Å². The molecule has 2 heterocycles. The highest BCUT2D eigenvalue weighted by Crippen LogP contribution is 2.31. The highest BCUT2D eigenvalue weighted by atomic mass is 79.9. The van der Waals surface area contributed by atoms with Crippen molar-refractivity contribution in [1.82, 2.24) is 0 Å². The fourth-order valence-corrected chi connectivity index (χ4v) is 3.57. The van der Waals surface area contributed by atoms with E-state index < -0.39 is 0 Å². The number of benzene rings is 1. The second-order valence-electron chi connectivity index (χ2n) is 4.65. The predicted octanol–water partition coefficient (Wildman–Crippen LogP) is 4.03. The number of thiophene rings is 1. The van der Waals surface area contributed by atoms with Crippen LogP contribution in [0.25, 0.3) is 0 Å². The van der Waals surface area contributed by atoms with Crippen LogP contribution in [0.4, 0.5) is 5.69 Å². The molecule has 0 bridgehead atoms. The van der Waals surface area contributed by atoms with Gasteiger partial charge in [0.1, 0.15) is 0 Å². The summed E-state index contributed by atoms with van der Waals surface area (Å²) in [7, 11) is 0. The molecular formula is C15H14BrNOS. The molecule has 0 saturated carbocycles. The Balaban J connectivity index is 1.69. The Morgan fingerprint density at radius 3 is 3.05 bits per heavy atom. The summed E-state index contributed by atoms with van der Waals surface area (Å²) >= 11 is 5.19. The molecule has 0 aliphatic carbocycles. The molecule has 1 aromatic carbocycles. The molecule has 0 unspecified atom stereocenters. The van der Waals surface area contributed by atoms with Crippen molar-refractivity contribution in [2.45, 2.75) is 19.3 Å². The molecule has 0 atom stereocenters. The van der Waals surface area contributed by atoms with Crippen LogP contribution in [-0.4, -0.2) is 12.5 Å². The molecule has 0 N–H and O–H groups in total. The van der Waals surface area contributed by atoms with Gasteiger partial charge < -0.3 is 4.90 Å². The zero-order valence-electron chi connectivity index (χ0n) is 10.4. The molecule has 2 nitrogen and oxygen atoms in total. The van der Waals surface area contributed by atoms with E-state index in [-0.39, 0.29) is 5.91 Å². The van der Waals surface area contributed by atoms with E-state index in [1.54, 1.807) is 11.3 Å². The maximum atomic E-state index is 12.3. The van der Waals surface area contributed by atoms with Gasteiger partial charge in [-0.1, -0.05) is 22.0 Å². The number of carbonyl (C=O) groups excluding carboxylic acids is 1. The third-order valence-corrected chi connectivity index (χ3v) is 4.83. The molecule has 1 aliphatic heterocycles. The zero-order valence-corrected chi connectivity index (χ0v) is 12.8. The van der Waals surface area contributed by atoms with Crippen LogP contribution in [0, 0.1) is 0 Å². The number of rotatable bonds is 3. The van der Waals surface area contributed by atoms with Crippen LogP contribution in [-0.2, 0) is 17.6 Å². The van der Waals surface area contributed by atoms with Crippen molar-refractivity contribution in [3.8, 4) is 0 Å². The summed E-state index contributed by atoms with van der Waals surface area (Å²) in [5.41, 5.74) is 2.35. The van der Waals surface area contributed by atoms with Crippen LogP contribution in [0.2, 0.25) is 0 Å². The summed E-state index contributed by atoms with van der Waals surface area (Å²) < 4.78 is 1.08. The lowest BCUT2D eigenvalue weighted by Crippen LogP contribution is -2.28. The summed E-state index contributed by atoms with van der Waals surface area (Å²) in [5.74, 6) is 0.231. The number of halogens is 1. The molecule has 3 rings (SSSR count). The van der Waals surface area contributed by atoms with Gasteiger partial charge in [0.05, 0.1) is 0 Å². The van der Waals surface area contributed by atoms with Gasteiger partial charge in [-0.3, -0.25) is 4.79 Å². The summed E-state index contributed by atoms with van der Waals surface area (Å²) in [6.45, 7) is 0.815. The second kappa shape index (κ2) is 5.47. The van der Waals surface area contributed by atoms with Crippen LogP contribution in [0.5, 0.6) is 0 Å². The number of hydrogen-bond donors (Lipinski definition) is 0. The second-order valence-corrected chi connectivity index (χ2v) is 6.60. The van der Waals surface area contributed by atoms with E-state index in [0.717, 1.165) is 29.5 Å². The van der Waals surface area contributed by atoms with Crippen LogP contribution in [0.3, 0.4) is 0 Å². The summed E-state index contributed by atoms with van der Waals surface area (Å²) in [4.78, 5) is 15.5. The van der Waals surface area contributed by atoms with Crippen LogP contribution >= 0.6 is 27.3 Å². The number of anilines is 1. The lowest BCUT2D eigenvalue weighted by molar-refractivity contribution is -0.118. The number of fused-ring (bicyclic) bond motifs is 1. The molecule has 1 amide bonds. The van der Waals surface area contributed by atoms with Gasteiger partial charge in [-0.15, -0.1) is 11.3 Å². The van der Waals surface area contributed by atoms with Crippen molar-refractivity contribution in [3.63, 3.8) is 0 Å². The number of nitrogens with zero attached hydrogens (tertiary/aromatic N) is 1. The first kappa shape index (κ1) is 12.9. The summed E-state index contributed by atoms with van der Waals surface area (Å²) in [6.07, 6.45) is 2.40. The largest absolute Gasteiger partial charge is 0.312 e. The Labute approximate surface area is 125 Å². The number of aryl methyl sites for hydroxylation is 1. The minimum Gasteiger partial charge on any atom is -0.312 e. The van der Waals surface area contributed by atoms with Crippen molar-refractivity contribution in [2.75, 3.05) is 11.4 Å². The Hall–Kier alpha value is -1.13.